The predicted octanol–water partition coefficient (Wildman–Crippen LogP) is -1.14. The van der Waals surface area contributed by atoms with Gasteiger partial charge < -0.3 is 30.0 Å². The van der Waals surface area contributed by atoms with E-state index < -0.39 is 42.5 Å². The van der Waals surface area contributed by atoms with Crippen LogP contribution in [0.5, 0.6) is 0 Å². The largest absolute Gasteiger partial charge is 4.00 e. The number of aliphatic carboxylic acids is 1. The maximum absolute atomic E-state index is 10.9. The molecule has 0 saturated carbocycles. The van der Waals surface area contributed by atoms with Crippen LogP contribution in [0.25, 0.3) is 0 Å². The number of carboxylic acids is 1. The molecule has 0 unspecified atom stereocenters. The summed E-state index contributed by atoms with van der Waals surface area (Å²) in [7, 11) is 0. The second kappa shape index (κ2) is 26.1. The van der Waals surface area contributed by atoms with Crippen LogP contribution in [0, 0.1) is 0 Å². The number of ketones is 1. The first-order valence-electron chi connectivity index (χ1n) is 8.64. The topological polar surface area (TPSA) is 153 Å². The molecule has 8 nitrogen and oxygen atoms in total. The van der Waals surface area contributed by atoms with Crippen LogP contribution in [-0.2, 0) is 45.3 Å². The number of carboxylic acid groups (broad SMARTS) is 1. The minimum atomic E-state index is -1.39. The van der Waals surface area contributed by atoms with Gasteiger partial charge >= 0.3 is 32.2 Å². The molecule has 0 saturated heterocycles. The molecule has 0 atom stereocenters. The van der Waals surface area contributed by atoms with E-state index in [9.17, 15) is 34.8 Å². The third kappa shape index (κ3) is 73.3. The Hall–Kier alpha value is -0.887. The van der Waals surface area contributed by atoms with Gasteiger partial charge in [-0.05, 0) is 13.3 Å². The molecular weight excluding hydrogens is 447 g/mol. The van der Waals surface area contributed by atoms with E-state index in [1.54, 1.807) is 41.5 Å². The fourth-order valence-electron chi connectivity index (χ4n) is 0.807. The Balaban J connectivity index is -0.000000111. The van der Waals surface area contributed by atoms with Gasteiger partial charge in [0.2, 0.25) is 0 Å². The molecular formula is C19H34O8Zr. The molecule has 0 aromatic heterocycles. The molecule has 0 aromatic carbocycles. The van der Waals surface area contributed by atoms with Gasteiger partial charge in [-0.15, -0.1) is 18.3 Å². The maximum atomic E-state index is 10.9. The van der Waals surface area contributed by atoms with Gasteiger partial charge in [-0.1, -0.05) is 48.1 Å². The average molecular weight is 482 g/mol. The summed E-state index contributed by atoms with van der Waals surface area (Å²) in [6.07, 6.45) is -1.46. The first kappa shape index (κ1) is 37.8. The normalized spacial score (nSPS) is 8.89. The number of hydrogen-bond donors (Lipinski definition) is 0. The molecule has 0 heterocycles. The number of rotatable bonds is 7. The van der Waals surface area contributed by atoms with Crippen molar-refractivity contribution in [2.24, 2.45) is 0 Å². The van der Waals surface area contributed by atoms with E-state index in [1.165, 1.54) is 6.92 Å². The zero-order valence-corrected chi connectivity index (χ0v) is 20.5. The third-order valence-corrected chi connectivity index (χ3v) is 1.52. The van der Waals surface area contributed by atoms with E-state index in [4.69, 9.17) is 4.74 Å². The van der Waals surface area contributed by atoms with Crippen molar-refractivity contribution in [3.05, 3.63) is 12.2 Å². The predicted molar refractivity (Wildman–Crippen MR) is 95.0 cm³/mol. The number of esters is 1. The fourth-order valence-corrected chi connectivity index (χ4v) is 0.807. The Morgan fingerprint density at radius 1 is 0.893 bits per heavy atom. The van der Waals surface area contributed by atoms with E-state index in [0.717, 1.165) is 0 Å². The van der Waals surface area contributed by atoms with Crippen molar-refractivity contribution in [3.63, 3.8) is 0 Å². The van der Waals surface area contributed by atoms with Crippen molar-refractivity contribution in [2.75, 3.05) is 6.61 Å². The zero-order chi connectivity index (χ0) is 22.6. The monoisotopic (exact) mass is 480 g/mol. The van der Waals surface area contributed by atoms with Crippen LogP contribution in [0.1, 0.15) is 67.7 Å². The standard InChI is InChI=1S/C10H14O5.3C3H7O.Zr/c1-7(2)10(14)15-5-3-4-8(11)6-9(12)13;3*1-3(2)4;/h1,3-6H2,2H3,(H,12,13);3*3H,1-2H3;/q;3*-1;+4/p-1. The van der Waals surface area contributed by atoms with Crippen LogP contribution in [0.3, 0.4) is 0 Å². The van der Waals surface area contributed by atoms with E-state index in [1.807, 2.05) is 0 Å². The van der Waals surface area contributed by atoms with Crippen molar-refractivity contribution < 1.29 is 65.7 Å². The molecule has 0 rings (SSSR count). The van der Waals surface area contributed by atoms with Crippen molar-refractivity contribution in [1.82, 2.24) is 0 Å². The second-order valence-electron chi connectivity index (χ2n) is 6.25. The summed E-state index contributed by atoms with van der Waals surface area (Å²) < 4.78 is 4.71. The smallest absolute Gasteiger partial charge is 0.852 e. The van der Waals surface area contributed by atoms with Gasteiger partial charge in [0.15, 0.2) is 0 Å². The summed E-state index contributed by atoms with van der Waals surface area (Å²) >= 11 is 0. The number of hydrogen-bond acceptors (Lipinski definition) is 8. The van der Waals surface area contributed by atoms with Gasteiger partial charge in [0.05, 0.1) is 6.61 Å². The quantitative estimate of drug-likeness (QED) is 0.191. The second-order valence-corrected chi connectivity index (χ2v) is 6.25. The molecule has 0 N–H and O–H groups in total. The van der Waals surface area contributed by atoms with Crippen LogP contribution >= 0.6 is 0 Å². The van der Waals surface area contributed by atoms with Gasteiger partial charge in [-0.2, -0.15) is 0 Å². The van der Waals surface area contributed by atoms with Crippen LogP contribution in [-0.4, -0.2) is 42.6 Å². The minimum absolute atomic E-state index is 0. The van der Waals surface area contributed by atoms with Gasteiger partial charge in [-0.25, -0.2) is 4.79 Å². The maximum Gasteiger partial charge on any atom is 4.00 e. The molecule has 0 aliphatic rings. The summed E-state index contributed by atoms with van der Waals surface area (Å²) in [5.74, 6) is -2.33. The Morgan fingerprint density at radius 2 is 1.21 bits per heavy atom. The molecule has 0 aliphatic heterocycles. The van der Waals surface area contributed by atoms with E-state index >= 15 is 0 Å². The Morgan fingerprint density at radius 3 is 1.46 bits per heavy atom. The Labute approximate surface area is 188 Å². The summed E-state index contributed by atoms with van der Waals surface area (Å²) in [4.78, 5) is 31.7. The van der Waals surface area contributed by atoms with Crippen molar-refractivity contribution in [1.29, 1.82) is 0 Å². The number of ether oxygens (including phenoxy) is 1. The van der Waals surface area contributed by atoms with Crippen LogP contribution in [0.15, 0.2) is 12.2 Å². The summed E-state index contributed by atoms with van der Waals surface area (Å²) in [5, 5.41) is 38.6. The number of carbonyl (C=O) groups excluding carboxylic acids is 3. The van der Waals surface area contributed by atoms with Gasteiger partial charge in [-0.3, -0.25) is 4.79 Å². The zero-order valence-electron chi connectivity index (χ0n) is 18.0. The van der Waals surface area contributed by atoms with Gasteiger partial charge in [0.1, 0.15) is 5.78 Å². The number of carbonyl (C=O) groups is 3. The molecule has 0 aromatic rings. The SMILES string of the molecule is C=C(C)C(=O)OCCCC(=O)CC(=O)[O-].CC(C)[O-].CC(C)[O-].CC(C)[O-].[Zr+4]. The van der Waals surface area contributed by atoms with Crippen molar-refractivity contribution >= 4 is 17.7 Å². The summed E-state index contributed by atoms with van der Waals surface area (Å²) in [5.41, 5.74) is 0.288. The number of Topliss-reactive ketones (excluding diaryl/α,β-unsaturated/α-hetero) is 1. The molecule has 28 heavy (non-hydrogen) atoms. The van der Waals surface area contributed by atoms with Crippen molar-refractivity contribution in [2.45, 2.75) is 86.0 Å². The fraction of sp³-hybridized carbons (Fsp3) is 0.737. The van der Waals surface area contributed by atoms with Crippen molar-refractivity contribution in [3.8, 4) is 0 Å². The Bertz CT molecular complexity index is 384. The molecule has 9 heteroatoms. The first-order valence-corrected chi connectivity index (χ1v) is 8.64. The van der Waals surface area contributed by atoms with Crippen LogP contribution in [0.2, 0.25) is 0 Å². The van der Waals surface area contributed by atoms with E-state index in [2.05, 4.69) is 6.58 Å². The first-order chi connectivity index (χ1) is 12.1. The summed E-state index contributed by atoms with van der Waals surface area (Å²) in [6.45, 7) is 14.7. The Kier molecular flexibility index (Phi) is 35.3. The third-order valence-electron chi connectivity index (χ3n) is 1.52. The van der Waals surface area contributed by atoms with E-state index in [0.29, 0.717) is 6.42 Å². The van der Waals surface area contributed by atoms with Crippen LogP contribution < -0.4 is 20.4 Å². The minimum Gasteiger partial charge on any atom is -0.852 e. The van der Waals surface area contributed by atoms with E-state index in [-0.39, 0.29) is 44.8 Å². The van der Waals surface area contributed by atoms with Gasteiger partial charge in [0, 0.05) is 24.4 Å². The molecule has 0 amide bonds. The molecule has 162 valence electrons. The summed E-state index contributed by atoms with van der Waals surface area (Å²) in [6, 6.07) is 0. The van der Waals surface area contributed by atoms with Crippen LogP contribution in [0.4, 0.5) is 0 Å². The molecule has 0 fully saturated rings. The molecule has 0 bridgehead atoms. The molecule has 0 aliphatic carbocycles. The molecule has 0 spiro atoms. The van der Waals surface area contributed by atoms with Gasteiger partial charge in [0.25, 0.3) is 0 Å². The molecule has 0 radical (unpaired) electrons. The average Bonchev–Trinajstić information content (AvgIpc) is 2.40.